The van der Waals surface area contributed by atoms with E-state index in [9.17, 15) is 0 Å². The van der Waals surface area contributed by atoms with Gasteiger partial charge in [-0.15, -0.1) is 5.47 Å². The van der Waals surface area contributed by atoms with Gasteiger partial charge in [0.25, 0.3) is 0 Å². The molecule has 1 aliphatic rings. The van der Waals surface area contributed by atoms with E-state index in [0.29, 0.717) is 0 Å². The highest BCUT2D eigenvalue weighted by molar-refractivity contribution is 6.89. The highest BCUT2D eigenvalue weighted by atomic mass is 28.4. The molecule has 4 heteroatoms. The Labute approximate surface area is 149 Å². The monoisotopic (exact) mass is 352 g/mol. The number of hydrogen-bond acceptors (Lipinski definition) is 1. The van der Waals surface area contributed by atoms with Gasteiger partial charge < -0.3 is 4.12 Å². The van der Waals surface area contributed by atoms with Gasteiger partial charge in [0, 0.05) is 0 Å². The van der Waals surface area contributed by atoms with Crippen molar-refractivity contribution in [3.05, 3.63) is 10.7 Å². The van der Waals surface area contributed by atoms with Gasteiger partial charge >= 0.3 is 0 Å². The first-order chi connectivity index (χ1) is 10.7. The summed E-state index contributed by atoms with van der Waals surface area (Å²) in [7, 11) is -3.30. The first-order valence-corrected chi connectivity index (χ1v) is 16.4. The van der Waals surface area contributed by atoms with E-state index in [2.05, 4.69) is 53.5 Å². The summed E-state index contributed by atoms with van der Waals surface area (Å²) in [5.41, 5.74) is 1.79. The molecule has 0 N–H and O–H groups in total. The maximum atomic E-state index is 6.88. The maximum Gasteiger partial charge on any atom is 0.201 e. The van der Waals surface area contributed by atoms with Gasteiger partial charge in [0.2, 0.25) is 8.32 Å². The third kappa shape index (κ3) is 6.21. The molecule has 0 aromatic heterocycles. The van der Waals surface area contributed by atoms with Crippen molar-refractivity contribution in [2.24, 2.45) is 5.92 Å². The summed E-state index contributed by atoms with van der Waals surface area (Å²) in [4.78, 5) is 0. The minimum Gasteiger partial charge on any atom is -0.453 e. The van der Waals surface area contributed by atoms with Gasteiger partial charge in [0.1, 0.15) is 0 Å². The van der Waals surface area contributed by atoms with Crippen LogP contribution >= 0.6 is 0 Å². The number of hydrogen-bond donors (Lipinski definition) is 0. The van der Waals surface area contributed by atoms with E-state index in [1.807, 2.05) is 5.20 Å². The van der Waals surface area contributed by atoms with E-state index >= 15 is 0 Å². The van der Waals surface area contributed by atoms with Crippen molar-refractivity contribution in [3.8, 4) is 0 Å². The Hall–Kier alpha value is 0.199. The minimum atomic E-state index is -1.79. The standard InChI is InChI=1S/C19H41BOSi2/c1-9-18(20(10-2)11-3)19(17-15-13-12-14-16-17)23(7,8)21-22(4,5)6/h17H,9-16H2,1-8H3/b19-18-. The molecule has 0 bridgehead atoms. The molecule has 0 aromatic carbocycles. The van der Waals surface area contributed by atoms with Crippen molar-refractivity contribution in [2.75, 3.05) is 0 Å². The van der Waals surface area contributed by atoms with Crippen LogP contribution in [0.4, 0.5) is 0 Å². The Morgan fingerprint density at radius 1 is 0.913 bits per heavy atom. The largest absolute Gasteiger partial charge is 0.453 e. The van der Waals surface area contributed by atoms with E-state index in [1.165, 1.54) is 51.2 Å². The molecule has 1 rings (SSSR count). The van der Waals surface area contributed by atoms with E-state index in [1.54, 1.807) is 5.47 Å². The Bertz CT molecular complexity index is 389. The molecule has 0 aliphatic heterocycles. The Morgan fingerprint density at radius 3 is 1.83 bits per heavy atom. The fraction of sp³-hybridized carbons (Fsp3) is 0.895. The van der Waals surface area contributed by atoms with E-state index < -0.39 is 16.6 Å². The Kier molecular flexibility index (Phi) is 8.36. The fourth-order valence-corrected chi connectivity index (χ4v) is 13.8. The summed E-state index contributed by atoms with van der Waals surface area (Å²) in [6.07, 6.45) is 10.9. The summed E-state index contributed by atoms with van der Waals surface area (Å²) >= 11 is 0. The van der Waals surface area contributed by atoms with Crippen LogP contribution in [0.5, 0.6) is 0 Å². The molecule has 1 saturated carbocycles. The first-order valence-electron chi connectivity index (χ1n) is 10.1. The van der Waals surface area contributed by atoms with Crippen molar-refractivity contribution < 1.29 is 4.12 Å². The van der Waals surface area contributed by atoms with Crippen LogP contribution in [0.15, 0.2) is 10.7 Å². The average Bonchev–Trinajstić information content (AvgIpc) is 2.45. The molecule has 0 atom stereocenters. The van der Waals surface area contributed by atoms with Gasteiger partial charge in [-0.2, -0.15) is 0 Å². The summed E-state index contributed by atoms with van der Waals surface area (Å²) in [6, 6.07) is 0. The molecule has 0 aromatic rings. The second kappa shape index (κ2) is 9.05. The average molecular weight is 353 g/mol. The van der Waals surface area contributed by atoms with Gasteiger partial charge in [0.05, 0.1) is 0 Å². The minimum absolute atomic E-state index is 0.772. The number of rotatable bonds is 8. The van der Waals surface area contributed by atoms with Crippen molar-refractivity contribution in [1.29, 1.82) is 0 Å². The van der Waals surface area contributed by atoms with Crippen LogP contribution in [-0.2, 0) is 4.12 Å². The highest BCUT2D eigenvalue weighted by Gasteiger charge is 2.39. The molecule has 134 valence electrons. The first kappa shape index (κ1) is 21.2. The summed E-state index contributed by atoms with van der Waals surface area (Å²) in [5.74, 6) is 0.817. The van der Waals surface area contributed by atoms with Gasteiger partial charge in [-0.3, -0.25) is 0 Å². The van der Waals surface area contributed by atoms with Crippen molar-refractivity contribution >= 4 is 23.3 Å². The molecule has 1 aliphatic carbocycles. The highest BCUT2D eigenvalue weighted by Crippen LogP contribution is 2.40. The zero-order valence-corrected chi connectivity index (χ0v) is 19.2. The Morgan fingerprint density at radius 2 is 1.43 bits per heavy atom. The SMILES string of the molecule is CCB(CC)/C(CC)=C(/C1CCCCC1)[Si](C)(C)O[Si](C)(C)C. The fourth-order valence-electron chi connectivity index (χ4n) is 4.83. The zero-order chi connectivity index (χ0) is 17.7. The lowest BCUT2D eigenvalue weighted by Gasteiger charge is -2.41. The van der Waals surface area contributed by atoms with Crippen LogP contribution < -0.4 is 0 Å². The molecule has 0 saturated heterocycles. The zero-order valence-electron chi connectivity index (χ0n) is 17.2. The lowest BCUT2D eigenvalue weighted by molar-refractivity contribution is 0.402. The predicted molar refractivity (Wildman–Crippen MR) is 113 cm³/mol. The molecule has 23 heavy (non-hydrogen) atoms. The molecule has 0 spiro atoms. The molecule has 0 amide bonds. The smallest absolute Gasteiger partial charge is 0.201 e. The maximum absolute atomic E-state index is 6.88. The molecule has 1 fully saturated rings. The van der Waals surface area contributed by atoms with Crippen LogP contribution in [-0.4, -0.2) is 23.3 Å². The number of allylic oxidation sites excluding steroid dienone is 2. The van der Waals surface area contributed by atoms with Crippen LogP contribution in [0.25, 0.3) is 0 Å². The second-order valence-electron chi connectivity index (χ2n) is 8.87. The summed E-state index contributed by atoms with van der Waals surface area (Å²) in [6.45, 7) is 20.0. The van der Waals surface area contributed by atoms with Gasteiger partial charge in [0.15, 0.2) is 15.0 Å². The molecular formula is C19H41BOSi2. The third-order valence-electron chi connectivity index (χ3n) is 5.43. The van der Waals surface area contributed by atoms with Crippen LogP contribution in [0.2, 0.25) is 45.4 Å². The topological polar surface area (TPSA) is 9.23 Å². The van der Waals surface area contributed by atoms with Crippen molar-refractivity contribution in [3.63, 3.8) is 0 Å². The Balaban J connectivity index is 3.34. The van der Waals surface area contributed by atoms with E-state index in [4.69, 9.17) is 4.12 Å². The van der Waals surface area contributed by atoms with E-state index in [-0.39, 0.29) is 0 Å². The van der Waals surface area contributed by atoms with Gasteiger partial charge in [-0.1, -0.05) is 57.9 Å². The molecule has 1 nitrogen and oxygen atoms in total. The van der Waals surface area contributed by atoms with Crippen LogP contribution in [0.3, 0.4) is 0 Å². The summed E-state index contributed by atoms with van der Waals surface area (Å²) < 4.78 is 6.88. The third-order valence-corrected chi connectivity index (χ3v) is 11.9. The quantitative estimate of drug-likeness (QED) is 0.430. The molecule has 0 heterocycles. The lowest BCUT2D eigenvalue weighted by atomic mass is 9.40. The molecule has 0 unspecified atom stereocenters. The molecular weight excluding hydrogens is 311 g/mol. The normalized spacial score (nSPS) is 18.8. The van der Waals surface area contributed by atoms with Crippen molar-refractivity contribution in [1.82, 2.24) is 0 Å². The van der Waals surface area contributed by atoms with Crippen molar-refractivity contribution in [2.45, 2.75) is 105 Å². The molecule has 0 radical (unpaired) electrons. The lowest BCUT2D eigenvalue weighted by Crippen LogP contribution is -2.47. The van der Waals surface area contributed by atoms with E-state index in [0.717, 1.165) is 12.6 Å². The van der Waals surface area contributed by atoms with Crippen LogP contribution in [0, 0.1) is 5.92 Å². The predicted octanol–water partition coefficient (Wildman–Crippen LogP) is 6.94. The van der Waals surface area contributed by atoms with Gasteiger partial charge in [-0.05, 0) is 57.9 Å². The summed E-state index contributed by atoms with van der Waals surface area (Å²) in [5, 5.41) is 1.83. The van der Waals surface area contributed by atoms with Crippen LogP contribution in [0.1, 0.15) is 59.3 Å². The van der Waals surface area contributed by atoms with Gasteiger partial charge in [-0.25, -0.2) is 0 Å². The second-order valence-corrected chi connectivity index (χ2v) is 17.5.